The Bertz CT molecular complexity index is 1050. The number of carbonyl (C=O) groups excluding carboxylic acids is 2. The Morgan fingerprint density at radius 3 is 2.57 bits per heavy atom. The number of amides is 2. The van der Waals surface area contributed by atoms with Crippen LogP contribution in [0.2, 0.25) is 0 Å². The molecule has 3 aromatic heterocycles. The average molecular weight is 466 g/mol. The largest absolute Gasteiger partial charge is 0.454 e. The first kappa shape index (κ1) is 20.3. The van der Waals surface area contributed by atoms with Crippen molar-refractivity contribution in [3.63, 3.8) is 0 Å². The molecule has 0 fully saturated rings. The van der Waals surface area contributed by atoms with E-state index < -0.39 is 5.91 Å². The van der Waals surface area contributed by atoms with Gasteiger partial charge in [-0.3, -0.25) is 19.6 Å². The highest BCUT2D eigenvalue weighted by Crippen LogP contribution is 2.25. The van der Waals surface area contributed by atoms with E-state index in [1.165, 1.54) is 4.90 Å². The summed E-state index contributed by atoms with van der Waals surface area (Å²) in [5.41, 5.74) is 2.45. The first-order chi connectivity index (χ1) is 13.2. The Hall–Kier alpha value is -2.46. The quantitative estimate of drug-likeness (QED) is 0.620. The second-order valence-electron chi connectivity index (χ2n) is 6.50. The molecule has 0 radical (unpaired) electrons. The van der Waals surface area contributed by atoms with Crippen LogP contribution in [0.4, 0.5) is 5.13 Å². The van der Waals surface area contributed by atoms with E-state index in [-0.39, 0.29) is 11.7 Å². The molecule has 0 unspecified atom stereocenters. The number of furan rings is 1. The van der Waals surface area contributed by atoms with E-state index in [1.807, 2.05) is 18.5 Å². The lowest BCUT2D eigenvalue weighted by molar-refractivity contribution is 0.0831. The van der Waals surface area contributed by atoms with Crippen LogP contribution in [0.25, 0.3) is 0 Å². The summed E-state index contributed by atoms with van der Waals surface area (Å²) in [6.07, 6.45) is 0. The lowest BCUT2D eigenvalue weighted by atomic mass is 10.3. The molecule has 3 rings (SSSR count). The van der Waals surface area contributed by atoms with E-state index in [9.17, 15) is 9.59 Å². The Morgan fingerprint density at radius 1 is 1.25 bits per heavy atom. The molecular weight excluding hydrogens is 446 g/mol. The highest BCUT2D eigenvalue weighted by atomic mass is 79.9. The van der Waals surface area contributed by atoms with Crippen molar-refractivity contribution in [3.8, 4) is 0 Å². The number of anilines is 1. The zero-order chi connectivity index (χ0) is 20.6. The fourth-order valence-electron chi connectivity index (χ4n) is 2.57. The number of aryl methyl sites for hydroxylation is 2. The number of hydrogen-bond donors (Lipinski definition) is 1. The number of nitrogens with zero attached hydrogens (tertiary/aromatic N) is 4. The molecule has 0 aliphatic carbocycles. The Morgan fingerprint density at radius 2 is 1.96 bits per heavy atom. The van der Waals surface area contributed by atoms with Gasteiger partial charge in [0.25, 0.3) is 11.8 Å². The van der Waals surface area contributed by atoms with Crippen molar-refractivity contribution in [2.45, 2.75) is 27.3 Å². The van der Waals surface area contributed by atoms with Gasteiger partial charge < -0.3 is 9.32 Å². The van der Waals surface area contributed by atoms with Crippen LogP contribution < -0.4 is 5.32 Å². The van der Waals surface area contributed by atoms with Gasteiger partial charge in [0.15, 0.2) is 10.9 Å². The van der Waals surface area contributed by atoms with Crippen LogP contribution in [0.1, 0.15) is 43.1 Å². The van der Waals surface area contributed by atoms with Crippen LogP contribution in [-0.2, 0) is 6.54 Å². The van der Waals surface area contributed by atoms with E-state index in [1.54, 1.807) is 33.2 Å². The summed E-state index contributed by atoms with van der Waals surface area (Å²) in [4.78, 5) is 30.8. The summed E-state index contributed by atoms with van der Waals surface area (Å²) < 4.78 is 8.43. The Balaban J connectivity index is 1.72. The second kappa shape index (κ2) is 7.88. The van der Waals surface area contributed by atoms with E-state index in [0.29, 0.717) is 28.0 Å². The summed E-state index contributed by atoms with van der Waals surface area (Å²) in [5.74, 6) is 0.219. The number of thiazole rings is 1. The minimum Gasteiger partial charge on any atom is -0.454 e. The smallest absolute Gasteiger partial charge is 0.293 e. The predicted octanol–water partition coefficient (Wildman–Crippen LogP) is 3.62. The zero-order valence-corrected chi connectivity index (χ0v) is 18.6. The molecular formula is C18H20BrN5O3S. The minimum atomic E-state index is -0.418. The van der Waals surface area contributed by atoms with Gasteiger partial charge in [0.1, 0.15) is 10.6 Å². The number of nitrogens with one attached hydrogen (secondary N) is 1. The van der Waals surface area contributed by atoms with E-state index in [4.69, 9.17) is 4.42 Å². The SMILES string of the molecule is Cc1nc(NC(=O)c2ccc(Cn3nc(C)c(Br)c3C)o2)sc1C(=O)N(C)C. The number of hydrogen-bond acceptors (Lipinski definition) is 6. The van der Waals surface area contributed by atoms with Gasteiger partial charge in [-0.05, 0) is 48.8 Å². The van der Waals surface area contributed by atoms with Crippen molar-refractivity contribution in [2.75, 3.05) is 19.4 Å². The molecule has 10 heteroatoms. The Kier molecular flexibility index (Phi) is 5.71. The predicted molar refractivity (Wildman–Crippen MR) is 110 cm³/mol. The standard InChI is InChI=1S/C18H20BrN5O3S/c1-9-14(19)11(3)24(22-9)8-12-6-7-13(27-12)16(25)21-18-20-10(2)15(28-18)17(26)23(4)5/h6-7H,8H2,1-5H3,(H,20,21,25). The molecule has 0 aliphatic heterocycles. The second-order valence-corrected chi connectivity index (χ2v) is 8.29. The third-order valence-electron chi connectivity index (χ3n) is 4.10. The van der Waals surface area contributed by atoms with Crippen LogP contribution >= 0.6 is 27.3 Å². The van der Waals surface area contributed by atoms with Gasteiger partial charge in [0.2, 0.25) is 0 Å². The van der Waals surface area contributed by atoms with E-state index in [0.717, 1.165) is 27.2 Å². The summed E-state index contributed by atoms with van der Waals surface area (Å²) in [6, 6.07) is 3.35. The molecule has 0 atom stereocenters. The van der Waals surface area contributed by atoms with E-state index >= 15 is 0 Å². The molecule has 0 aliphatic rings. The highest BCUT2D eigenvalue weighted by molar-refractivity contribution is 9.10. The fourth-order valence-corrected chi connectivity index (χ4v) is 3.84. The summed E-state index contributed by atoms with van der Waals surface area (Å²) in [7, 11) is 3.34. The molecule has 3 aromatic rings. The van der Waals surface area contributed by atoms with Crippen LogP contribution in [0.3, 0.4) is 0 Å². The first-order valence-electron chi connectivity index (χ1n) is 8.46. The average Bonchev–Trinajstić information content (AvgIpc) is 3.30. The molecule has 0 aromatic carbocycles. The molecule has 8 nitrogen and oxygen atoms in total. The normalized spacial score (nSPS) is 10.9. The number of aromatic nitrogens is 3. The van der Waals surface area contributed by atoms with E-state index in [2.05, 4.69) is 31.3 Å². The van der Waals surface area contributed by atoms with Gasteiger partial charge in [-0.15, -0.1) is 0 Å². The van der Waals surface area contributed by atoms with Gasteiger partial charge in [-0.2, -0.15) is 5.10 Å². The van der Waals surface area contributed by atoms with Crippen molar-refractivity contribution in [2.24, 2.45) is 0 Å². The Labute approximate surface area is 174 Å². The topological polar surface area (TPSA) is 93.3 Å². The maximum Gasteiger partial charge on any atom is 0.293 e. The minimum absolute atomic E-state index is 0.146. The molecule has 148 valence electrons. The van der Waals surface area contributed by atoms with Crippen molar-refractivity contribution in [1.82, 2.24) is 19.7 Å². The number of halogens is 1. The first-order valence-corrected chi connectivity index (χ1v) is 10.1. The van der Waals surface area contributed by atoms with Crippen molar-refractivity contribution in [3.05, 3.63) is 50.1 Å². The van der Waals surface area contributed by atoms with Crippen molar-refractivity contribution in [1.29, 1.82) is 0 Å². The van der Waals surface area contributed by atoms with Gasteiger partial charge in [-0.1, -0.05) is 11.3 Å². The third kappa shape index (κ3) is 4.02. The third-order valence-corrected chi connectivity index (χ3v) is 6.31. The zero-order valence-electron chi connectivity index (χ0n) is 16.2. The highest BCUT2D eigenvalue weighted by Gasteiger charge is 2.20. The van der Waals surface area contributed by atoms with Crippen LogP contribution in [0, 0.1) is 20.8 Å². The van der Waals surface area contributed by atoms with Crippen molar-refractivity contribution >= 4 is 44.2 Å². The molecule has 3 heterocycles. The lowest BCUT2D eigenvalue weighted by Gasteiger charge is -2.07. The molecule has 1 N–H and O–H groups in total. The van der Waals surface area contributed by atoms with Gasteiger partial charge in [0.05, 0.1) is 28.1 Å². The monoisotopic (exact) mass is 465 g/mol. The molecule has 28 heavy (non-hydrogen) atoms. The van der Waals surface area contributed by atoms with Crippen LogP contribution in [0.15, 0.2) is 21.0 Å². The number of carbonyl (C=O) groups is 2. The lowest BCUT2D eigenvalue weighted by Crippen LogP contribution is -2.21. The maximum atomic E-state index is 12.5. The maximum absolute atomic E-state index is 12.5. The molecule has 0 spiro atoms. The molecule has 0 saturated heterocycles. The van der Waals surface area contributed by atoms with Gasteiger partial charge in [-0.25, -0.2) is 4.98 Å². The summed E-state index contributed by atoms with van der Waals surface area (Å²) in [6.45, 7) is 6.03. The van der Waals surface area contributed by atoms with Gasteiger partial charge in [0, 0.05) is 14.1 Å². The summed E-state index contributed by atoms with van der Waals surface area (Å²) >= 11 is 4.63. The van der Waals surface area contributed by atoms with Crippen LogP contribution in [-0.4, -0.2) is 45.6 Å². The fraction of sp³-hybridized carbons (Fsp3) is 0.333. The van der Waals surface area contributed by atoms with Crippen LogP contribution in [0.5, 0.6) is 0 Å². The summed E-state index contributed by atoms with van der Waals surface area (Å²) in [5, 5.41) is 7.48. The molecule has 0 saturated carbocycles. The van der Waals surface area contributed by atoms with Gasteiger partial charge >= 0.3 is 0 Å². The number of rotatable bonds is 5. The van der Waals surface area contributed by atoms with Crippen molar-refractivity contribution < 1.29 is 14.0 Å². The molecule has 2 amide bonds. The molecule has 0 bridgehead atoms.